The molecule has 0 saturated heterocycles. The lowest BCUT2D eigenvalue weighted by Crippen LogP contribution is -2.11. The van der Waals surface area contributed by atoms with Crippen molar-refractivity contribution in [3.05, 3.63) is 83.0 Å². The maximum Gasteiger partial charge on any atom is 0.433 e. The SMILES string of the molecule is COc1cccc(CCOc2ccc(-c3cc(C(F)(F)F)n(C)n3)c(O)c2-c2cc(C(F)(F)F)cc(C(F)(F)F)c2)c1. The molecular formula is C28H21F9N2O3. The summed E-state index contributed by atoms with van der Waals surface area (Å²) in [4.78, 5) is 0. The summed E-state index contributed by atoms with van der Waals surface area (Å²) in [5.74, 6) is -0.695. The number of aromatic hydroxyl groups is 1. The van der Waals surface area contributed by atoms with Crippen LogP contribution >= 0.6 is 0 Å². The number of aromatic nitrogens is 2. The highest BCUT2D eigenvalue weighted by Gasteiger charge is 2.38. The molecule has 42 heavy (non-hydrogen) atoms. The average molecular weight is 604 g/mol. The molecule has 1 heterocycles. The minimum Gasteiger partial charge on any atom is -0.506 e. The maximum atomic E-state index is 13.6. The van der Waals surface area contributed by atoms with Gasteiger partial charge in [-0.2, -0.15) is 44.6 Å². The lowest BCUT2D eigenvalue weighted by molar-refractivity contribution is -0.144. The molecule has 0 aliphatic heterocycles. The Balaban J connectivity index is 1.87. The fourth-order valence-electron chi connectivity index (χ4n) is 4.25. The van der Waals surface area contributed by atoms with Crippen molar-refractivity contribution in [1.82, 2.24) is 9.78 Å². The molecule has 0 amide bonds. The van der Waals surface area contributed by atoms with Crippen LogP contribution in [0.15, 0.2) is 60.7 Å². The maximum absolute atomic E-state index is 13.6. The van der Waals surface area contributed by atoms with Crippen LogP contribution in [0, 0.1) is 0 Å². The van der Waals surface area contributed by atoms with Crippen molar-refractivity contribution < 1.29 is 54.1 Å². The Bertz CT molecular complexity index is 1560. The van der Waals surface area contributed by atoms with Crippen LogP contribution < -0.4 is 9.47 Å². The van der Waals surface area contributed by atoms with E-state index in [0.29, 0.717) is 28.6 Å². The fraction of sp³-hybridized carbons (Fsp3) is 0.250. The van der Waals surface area contributed by atoms with E-state index in [2.05, 4.69) is 5.10 Å². The largest absolute Gasteiger partial charge is 0.506 e. The van der Waals surface area contributed by atoms with Gasteiger partial charge in [-0.05, 0) is 59.7 Å². The number of halogens is 9. The molecule has 0 fully saturated rings. The second kappa shape index (κ2) is 11.1. The monoisotopic (exact) mass is 604 g/mol. The van der Waals surface area contributed by atoms with Crippen LogP contribution in [-0.4, -0.2) is 28.6 Å². The molecule has 1 N–H and O–H groups in total. The molecule has 4 aromatic rings. The highest BCUT2D eigenvalue weighted by Crippen LogP contribution is 2.47. The average Bonchev–Trinajstić information content (AvgIpc) is 3.29. The molecule has 0 bridgehead atoms. The Hall–Kier alpha value is -4.36. The van der Waals surface area contributed by atoms with Crippen molar-refractivity contribution in [2.75, 3.05) is 13.7 Å². The van der Waals surface area contributed by atoms with Crippen LogP contribution in [0.5, 0.6) is 17.2 Å². The molecule has 3 aromatic carbocycles. The molecule has 5 nitrogen and oxygen atoms in total. The summed E-state index contributed by atoms with van der Waals surface area (Å²) in [6.45, 7) is -0.133. The van der Waals surface area contributed by atoms with E-state index in [9.17, 15) is 44.6 Å². The summed E-state index contributed by atoms with van der Waals surface area (Å²) in [6, 6.07) is 10.3. The van der Waals surface area contributed by atoms with E-state index in [1.807, 2.05) is 0 Å². The van der Waals surface area contributed by atoms with Crippen LogP contribution in [0.3, 0.4) is 0 Å². The molecule has 0 radical (unpaired) electrons. The van der Waals surface area contributed by atoms with Crippen LogP contribution in [0.2, 0.25) is 0 Å². The topological polar surface area (TPSA) is 56.5 Å². The third kappa shape index (κ3) is 6.58. The van der Waals surface area contributed by atoms with Gasteiger partial charge < -0.3 is 14.6 Å². The molecule has 0 saturated carbocycles. The molecule has 0 aliphatic rings. The smallest absolute Gasteiger partial charge is 0.433 e. The van der Waals surface area contributed by atoms with Crippen LogP contribution in [-0.2, 0) is 32.0 Å². The van der Waals surface area contributed by atoms with Crippen molar-refractivity contribution in [3.63, 3.8) is 0 Å². The second-order valence-electron chi connectivity index (χ2n) is 9.12. The zero-order valence-corrected chi connectivity index (χ0v) is 21.7. The van der Waals surface area contributed by atoms with Crippen LogP contribution in [0.25, 0.3) is 22.4 Å². The summed E-state index contributed by atoms with van der Waals surface area (Å²) in [6.07, 6.45) is -15.0. The Labute approximate surface area is 232 Å². The zero-order chi connectivity index (χ0) is 31.0. The first-order valence-corrected chi connectivity index (χ1v) is 12.0. The summed E-state index contributed by atoms with van der Waals surface area (Å²) in [5, 5.41) is 14.9. The molecule has 0 unspecified atom stereocenters. The third-order valence-electron chi connectivity index (χ3n) is 6.24. The van der Waals surface area contributed by atoms with E-state index in [0.717, 1.165) is 24.7 Å². The lowest BCUT2D eigenvalue weighted by Gasteiger charge is -2.19. The normalized spacial score (nSPS) is 12.5. The minimum absolute atomic E-state index is 0.0813. The molecule has 14 heteroatoms. The molecule has 0 atom stereocenters. The molecule has 1 aromatic heterocycles. The Kier molecular flexibility index (Phi) is 8.11. The summed E-state index contributed by atoms with van der Waals surface area (Å²) in [5.41, 5.74) is -5.89. The molecule has 224 valence electrons. The van der Waals surface area contributed by atoms with Crippen molar-refractivity contribution in [2.45, 2.75) is 24.9 Å². The number of methoxy groups -OCH3 is 1. The third-order valence-corrected chi connectivity index (χ3v) is 6.24. The van der Waals surface area contributed by atoms with Gasteiger partial charge in [0, 0.05) is 19.0 Å². The van der Waals surface area contributed by atoms with E-state index in [1.165, 1.54) is 7.11 Å². The molecule has 0 spiro atoms. The van der Waals surface area contributed by atoms with E-state index in [-0.39, 0.29) is 30.4 Å². The van der Waals surface area contributed by atoms with Gasteiger partial charge in [0.2, 0.25) is 0 Å². The van der Waals surface area contributed by atoms with Gasteiger partial charge in [-0.25, -0.2) is 0 Å². The fourth-order valence-corrected chi connectivity index (χ4v) is 4.25. The van der Waals surface area contributed by atoms with Crippen molar-refractivity contribution >= 4 is 0 Å². The molecule has 4 rings (SSSR count). The van der Waals surface area contributed by atoms with Crippen LogP contribution in [0.4, 0.5) is 39.5 Å². The van der Waals surface area contributed by atoms with Gasteiger partial charge in [-0.1, -0.05) is 12.1 Å². The van der Waals surface area contributed by atoms with E-state index in [4.69, 9.17) is 9.47 Å². The number of ether oxygens (including phenoxy) is 2. The van der Waals surface area contributed by atoms with Gasteiger partial charge in [-0.3, -0.25) is 4.68 Å². The number of alkyl halides is 9. The van der Waals surface area contributed by atoms with Gasteiger partial charge in [0.25, 0.3) is 0 Å². The lowest BCUT2D eigenvalue weighted by atomic mass is 9.95. The van der Waals surface area contributed by atoms with E-state index in [1.54, 1.807) is 24.3 Å². The number of phenols is 1. The Morgan fingerprint density at radius 2 is 1.45 bits per heavy atom. The van der Waals surface area contributed by atoms with Gasteiger partial charge >= 0.3 is 18.5 Å². The first-order chi connectivity index (χ1) is 19.5. The number of hydrogen-bond acceptors (Lipinski definition) is 4. The second-order valence-corrected chi connectivity index (χ2v) is 9.12. The number of rotatable bonds is 7. The Morgan fingerprint density at radius 3 is 2.00 bits per heavy atom. The number of benzene rings is 3. The van der Waals surface area contributed by atoms with Crippen molar-refractivity contribution in [3.8, 4) is 39.6 Å². The minimum atomic E-state index is -5.20. The first kappa shape index (κ1) is 30.6. The van der Waals surface area contributed by atoms with E-state index < -0.39 is 57.9 Å². The number of phenolic OH excluding ortho intramolecular Hbond substituents is 1. The molecular weight excluding hydrogens is 583 g/mol. The zero-order valence-electron chi connectivity index (χ0n) is 21.7. The van der Waals surface area contributed by atoms with Gasteiger partial charge in [0.1, 0.15) is 22.9 Å². The van der Waals surface area contributed by atoms with Gasteiger partial charge in [0.05, 0.1) is 36.1 Å². The predicted octanol–water partition coefficient (Wildman–Crippen LogP) is 8.15. The quantitative estimate of drug-likeness (QED) is 0.217. The number of aryl methyl sites for hydroxylation is 1. The Morgan fingerprint density at radius 1 is 0.810 bits per heavy atom. The van der Waals surface area contributed by atoms with Crippen molar-refractivity contribution in [1.29, 1.82) is 0 Å². The highest BCUT2D eigenvalue weighted by molar-refractivity contribution is 5.85. The number of nitrogens with zero attached hydrogens (tertiary/aromatic N) is 2. The highest BCUT2D eigenvalue weighted by atomic mass is 19.4. The molecule has 0 aliphatic carbocycles. The number of hydrogen-bond donors (Lipinski definition) is 1. The van der Waals surface area contributed by atoms with E-state index >= 15 is 0 Å². The van der Waals surface area contributed by atoms with Crippen molar-refractivity contribution in [2.24, 2.45) is 7.05 Å². The first-order valence-electron chi connectivity index (χ1n) is 12.0. The standard InChI is InChI=1S/C28H21F9N2O3/c1-39-23(28(35,36)37)14-21(38-39)20-6-7-22(42-9-8-15-4-3-5-19(10-15)41-2)24(25(20)40)16-11-17(26(29,30)31)13-18(12-16)27(32,33)34/h3-7,10-14,40H,8-9H2,1-2H3. The summed E-state index contributed by atoms with van der Waals surface area (Å²) < 4.78 is 133. The van der Waals surface area contributed by atoms with Crippen LogP contribution in [0.1, 0.15) is 22.4 Å². The van der Waals surface area contributed by atoms with Gasteiger partial charge in [0.15, 0.2) is 0 Å². The van der Waals surface area contributed by atoms with Gasteiger partial charge in [-0.15, -0.1) is 0 Å². The summed E-state index contributed by atoms with van der Waals surface area (Å²) in [7, 11) is 2.44. The predicted molar refractivity (Wildman–Crippen MR) is 133 cm³/mol. The summed E-state index contributed by atoms with van der Waals surface area (Å²) >= 11 is 0.